The van der Waals surface area contributed by atoms with Gasteiger partial charge in [-0.25, -0.2) is 8.78 Å². The van der Waals surface area contributed by atoms with E-state index in [1.54, 1.807) is 6.92 Å². The van der Waals surface area contributed by atoms with Gasteiger partial charge in [0.1, 0.15) is 11.6 Å². The molecule has 0 amide bonds. The number of nitrogens with two attached hydrogens (primary N) is 1. The minimum atomic E-state index is -0.324. The quantitative estimate of drug-likeness (QED) is 0.817. The molecule has 1 aromatic rings. The molecule has 82 valence electrons. The van der Waals surface area contributed by atoms with Crippen molar-refractivity contribution in [3.63, 3.8) is 0 Å². The van der Waals surface area contributed by atoms with Gasteiger partial charge in [0, 0.05) is 0 Å². The molecule has 0 bridgehead atoms. The number of hydrogen-bond acceptors (Lipinski definition) is 1. The molecule has 0 saturated heterocycles. The summed E-state index contributed by atoms with van der Waals surface area (Å²) < 4.78 is 27.0. The van der Waals surface area contributed by atoms with Gasteiger partial charge in [0.15, 0.2) is 0 Å². The average molecular weight is 211 g/mol. The molecular formula is C12H15F2N. The van der Waals surface area contributed by atoms with Crippen molar-refractivity contribution in [3.05, 3.63) is 34.9 Å². The Bertz CT molecular complexity index is 383. The van der Waals surface area contributed by atoms with Crippen molar-refractivity contribution in [2.45, 2.75) is 31.6 Å². The van der Waals surface area contributed by atoms with E-state index in [4.69, 9.17) is 5.73 Å². The van der Waals surface area contributed by atoms with Crippen LogP contribution in [0.4, 0.5) is 8.78 Å². The van der Waals surface area contributed by atoms with E-state index < -0.39 is 0 Å². The first-order valence-corrected chi connectivity index (χ1v) is 5.25. The highest BCUT2D eigenvalue weighted by Crippen LogP contribution is 2.51. The van der Waals surface area contributed by atoms with Crippen molar-refractivity contribution in [2.24, 2.45) is 5.73 Å². The predicted octanol–water partition coefficient (Wildman–Crippen LogP) is 2.65. The molecule has 1 aliphatic rings. The number of halogens is 2. The molecule has 0 atom stereocenters. The van der Waals surface area contributed by atoms with Gasteiger partial charge in [-0.2, -0.15) is 0 Å². The largest absolute Gasteiger partial charge is 0.330 e. The van der Waals surface area contributed by atoms with Gasteiger partial charge in [0.05, 0.1) is 0 Å². The van der Waals surface area contributed by atoms with Crippen LogP contribution < -0.4 is 5.73 Å². The summed E-state index contributed by atoms with van der Waals surface area (Å²) in [6.45, 7) is 2.10. The van der Waals surface area contributed by atoms with E-state index in [0.29, 0.717) is 17.7 Å². The molecule has 2 rings (SSSR count). The highest BCUT2D eigenvalue weighted by atomic mass is 19.1. The first kappa shape index (κ1) is 10.6. The zero-order chi connectivity index (χ0) is 11.1. The van der Waals surface area contributed by atoms with Crippen molar-refractivity contribution in [1.82, 2.24) is 0 Å². The Kier molecular flexibility index (Phi) is 2.51. The van der Waals surface area contributed by atoms with E-state index in [0.717, 1.165) is 19.3 Å². The predicted molar refractivity (Wildman–Crippen MR) is 55.7 cm³/mol. The first-order valence-electron chi connectivity index (χ1n) is 5.25. The second kappa shape index (κ2) is 3.56. The summed E-state index contributed by atoms with van der Waals surface area (Å²) in [6.07, 6.45) is 2.58. The maximum absolute atomic E-state index is 13.7. The lowest BCUT2D eigenvalue weighted by Crippen LogP contribution is -2.15. The van der Waals surface area contributed by atoms with Gasteiger partial charge >= 0.3 is 0 Å². The normalized spacial score (nSPS) is 17.9. The van der Waals surface area contributed by atoms with Crippen LogP contribution in [0.25, 0.3) is 0 Å². The minimum Gasteiger partial charge on any atom is -0.330 e. The molecule has 0 aromatic heterocycles. The number of benzene rings is 1. The third-order valence-electron chi connectivity index (χ3n) is 3.30. The minimum absolute atomic E-state index is 0.173. The van der Waals surface area contributed by atoms with E-state index in [1.807, 2.05) is 0 Å². The Morgan fingerprint density at radius 3 is 2.47 bits per heavy atom. The molecule has 1 aromatic carbocycles. The monoisotopic (exact) mass is 211 g/mol. The van der Waals surface area contributed by atoms with Gasteiger partial charge in [-0.1, -0.05) is 0 Å². The van der Waals surface area contributed by atoms with Crippen LogP contribution in [0, 0.1) is 18.6 Å². The van der Waals surface area contributed by atoms with Crippen molar-refractivity contribution in [1.29, 1.82) is 0 Å². The molecule has 0 radical (unpaired) electrons. The third kappa shape index (κ3) is 1.76. The summed E-state index contributed by atoms with van der Waals surface area (Å²) in [6, 6.07) is 2.62. The van der Waals surface area contributed by atoms with Gasteiger partial charge in [-0.3, -0.25) is 0 Å². The fraction of sp³-hybridized carbons (Fsp3) is 0.500. The molecule has 1 saturated carbocycles. The molecule has 15 heavy (non-hydrogen) atoms. The Hall–Kier alpha value is -0.960. The molecule has 1 fully saturated rings. The van der Waals surface area contributed by atoms with E-state index in [-0.39, 0.29) is 17.0 Å². The van der Waals surface area contributed by atoms with E-state index in [1.165, 1.54) is 12.1 Å². The average Bonchev–Trinajstić information content (AvgIpc) is 2.93. The van der Waals surface area contributed by atoms with Gasteiger partial charge in [0.25, 0.3) is 0 Å². The Morgan fingerprint density at radius 1 is 1.27 bits per heavy atom. The molecule has 0 unspecified atom stereocenters. The summed E-state index contributed by atoms with van der Waals surface area (Å²) in [4.78, 5) is 0. The summed E-state index contributed by atoms with van der Waals surface area (Å²) in [5.74, 6) is -0.616. The molecule has 2 N–H and O–H groups in total. The fourth-order valence-corrected chi connectivity index (χ4v) is 2.13. The molecule has 1 aliphatic carbocycles. The van der Waals surface area contributed by atoms with Gasteiger partial charge in [-0.05, 0) is 61.4 Å². The van der Waals surface area contributed by atoms with Crippen LogP contribution in [0.15, 0.2) is 12.1 Å². The molecule has 0 spiro atoms. The maximum Gasteiger partial charge on any atom is 0.127 e. The summed E-state index contributed by atoms with van der Waals surface area (Å²) in [7, 11) is 0. The first-order chi connectivity index (χ1) is 7.09. The molecule has 1 nitrogen and oxygen atoms in total. The lowest BCUT2D eigenvalue weighted by atomic mass is 9.91. The Labute approximate surface area is 88.3 Å². The molecule has 0 aliphatic heterocycles. The lowest BCUT2D eigenvalue weighted by Gasteiger charge is -2.16. The van der Waals surface area contributed by atoms with Crippen LogP contribution in [-0.4, -0.2) is 6.54 Å². The zero-order valence-electron chi connectivity index (χ0n) is 8.82. The highest BCUT2D eigenvalue weighted by Gasteiger charge is 2.45. The maximum atomic E-state index is 13.7. The van der Waals surface area contributed by atoms with Crippen molar-refractivity contribution in [3.8, 4) is 0 Å². The molecular weight excluding hydrogens is 196 g/mol. The van der Waals surface area contributed by atoms with Crippen LogP contribution in [-0.2, 0) is 5.41 Å². The van der Waals surface area contributed by atoms with Crippen LogP contribution in [0.3, 0.4) is 0 Å². The smallest absolute Gasteiger partial charge is 0.127 e. The van der Waals surface area contributed by atoms with E-state index >= 15 is 0 Å². The summed E-state index contributed by atoms with van der Waals surface area (Å²) in [5.41, 5.74) is 6.19. The summed E-state index contributed by atoms with van der Waals surface area (Å²) in [5, 5.41) is 0. The number of rotatable bonds is 3. The molecule has 3 heteroatoms. The molecule has 0 heterocycles. The number of hydrogen-bond donors (Lipinski definition) is 1. The zero-order valence-corrected chi connectivity index (χ0v) is 8.82. The van der Waals surface area contributed by atoms with Gasteiger partial charge < -0.3 is 5.73 Å². The SMILES string of the molecule is Cc1cc(F)c(C2(CCN)CC2)cc1F. The summed E-state index contributed by atoms with van der Waals surface area (Å²) >= 11 is 0. The second-order valence-corrected chi connectivity index (χ2v) is 4.40. The van der Waals surface area contributed by atoms with Crippen molar-refractivity contribution >= 4 is 0 Å². The van der Waals surface area contributed by atoms with Crippen LogP contribution >= 0.6 is 0 Å². The van der Waals surface area contributed by atoms with Crippen LogP contribution in [0.2, 0.25) is 0 Å². The fourth-order valence-electron chi connectivity index (χ4n) is 2.13. The van der Waals surface area contributed by atoms with Crippen LogP contribution in [0.5, 0.6) is 0 Å². The van der Waals surface area contributed by atoms with Crippen molar-refractivity contribution < 1.29 is 8.78 Å². The third-order valence-corrected chi connectivity index (χ3v) is 3.30. The number of aryl methyl sites for hydroxylation is 1. The second-order valence-electron chi connectivity index (χ2n) is 4.40. The van der Waals surface area contributed by atoms with Crippen LogP contribution in [0.1, 0.15) is 30.4 Å². The van der Waals surface area contributed by atoms with Gasteiger partial charge in [0.2, 0.25) is 0 Å². The van der Waals surface area contributed by atoms with E-state index in [9.17, 15) is 8.78 Å². The highest BCUT2D eigenvalue weighted by molar-refractivity contribution is 5.35. The van der Waals surface area contributed by atoms with E-state index in [2.05, 4.69) is 0 Å². The topological polar surface area (TPSA) is 26.0 Å². The Morgan fingerprint density at radius 2 is 1.93 bits per heavy atom. The van der Waals surface area contributed by atoms with Crippen molar-refractivity contribution in [2.75, 3.05) is 6.54 Å². The Balaban J connectivity index is 2.40. The lowest BCUT2D eigenvalue weighted by molar-refractivity contribution is 0.533. The standard InChI is InChI=1S/C12H15F2N/c1-8-6-11(14)9(7-10(8)13)12(2-3-12)4-5-15/h6-7H,2-5,15H2,1H3. The van der Waals surface area contributed by atoms with Gasteiger partial charge in [-0.15, -0.1) is 0 Å².